The summed E-state index contributed by atoms with van der Waals surface area (Å²) in [5.74, 6) is 0.572. The van der Waals surface area contributed by atoms with Gasteiger partial charge in [-0.1, -0.05) is 29.4 Å². The summed E-state index contributed by atoms with van der Waals surface area (Å²) in [7, 11) is 1.69. The van der Waals surface area contributed by atoms with Crippen LogP contribution in [-0.2, 0) is 35.9 Å². The summed E-state index contributed by atoms with van der Waals surface area (Å²) in [6.07, 6.45) is -2.22. The van der Waals surface area contributed by atoms with Gasteiger partial charge in [0.2, 0.25) is 17.6 Å². The normalized spacial score (nSPS) is 14.3. The highest BCUT2D eigenvalue weighted by Gasteiger charge is 2.30. The fraction of sp³-hybridized carbons (Fsp3) is 0.292. The summed E-state index contributed by atoms with van der Waals surface area (Å²) in [5, 5.41) is 8.26. The number of halogens is 3. The van der Waals surface area contributed by atoms with Gasteiger partial charge in [0.15, 0.2) is 0 Å². The number of hydrogen-bond acceptors (Lipinski definition) is 8. The van der Waals surface area contributed by atoms with Crippen molar-refractivity contribution >= 4 is 5.91 Å². The molecular formula is C24H21F3N6O4. The molecule has 0 bridgehead atoms. The number of carbonyl (C=O) groups is 1. The third-order valence-corrected chi connectivity index (χ3v) is 5.81. The van der Waals surface area contributed by atoms with Gasteiger partial charge in [0.05, 0.1) is 29.6 Å². The molecule has 1 saturated heterocycles. The number of morpholine rings is 1. The van der Waals surface area contributed by atoms with Crippen LogP contribution in [0.2, 0.25) is 0 Å². The van der Waals surface area contributed by atoms with Crippen LogP contribution in [0.15, 0.2) is 53.3 Å². The van der Waals surface area contributed by atoms with E-state index in [2.05, 4.69) is 20.2 Å². The largest absolute Gasteiger partial charge is 0.471 e. The second-order valence-corrected chi connectivity index (χ2v) is 8.29. The number of aryl methyl sites for hydroxylation is 1. The molecule has 192 valence electrons. The van der Waals surface area contributed by atoms with Crippen molar-refractivity contribution in [3.05, 3.63) is 65.6 Å². The van der Waals surface area contributed by atoms with Crippen LogP contribution in [0.25, 0.3) is 22.8 Å². The summed E-state index contributed by atoms with van der Waals surface area (Å²) >= 11 is 0. The molecule has 10 nitrogen and oxygen atoms in total. The molecule has 0 N–H and O–H groups in total. The molecular weight excluding hydrogens is 493 g/mol. The Bertz CT molecular complexity index is 1380. The number of nitrogens with zero attached hydrogens (tertiary/aromatic N) is 6. The summed E-state index contributed by atoms with van der Waals surface area (Å²) in [6, 6.07) is 9.54. The quantitative estimate of drug-likeness (QED) is 0.369. The number of alkyl halides is 3. The van der Waals surface area contributed by atoms with Gasteiger partial charge in [-0.25, -0.2) is 4.98 Å². The second kappa shape index (κ2) is 10.0. The first-order chi connectivity index (χ1) is 17.8. The lowest BCUT2D eigenvalue weighted by molar-refractivity contribution is -0.143. The van der Waals surface area contributed by atoms with Crippen molar-refractivity contribution < 1.29 is 32.0 Å². The lowest BCUT2D eigenvalue weighted by atomic mass is 10.1. The van der Waals surface area contributed by atoms with Crippen molar-refractivity contribution in [2.24, 2.45) is 7.05 Å². The minimum atomic E-state index is -4.47. The first-order valence-corrected chi connectivity index (χ1v) is 11.2. The molecule has 0 saturated carbocycles. The Balaban J connectivity index is 1.27. The van der Waals surface area contributed by atoms with Gasteiger partial charge < -0.3 is 18.9 Å². The number of ether oxygens (including phenoxy) is 2. The summed E-state index contributed by atoms with van der Waals surface area (Å²) in [5.41, 5.74) is 1.93. The molecule has 3 aromatic heterocycles. The summed E-state index contributed by atoms with van der Waals surface area (Å²) in [4.78, 5) is 21.9. The Morgan fingerprint density at radius 1 is 1.11 bits per heavy atom. The molecule has 4 heterocycles. The van der Waals surface area contributed by atoms with E-state index in [0.717, 1.165) is 23.3 Å². The van der Waals surface area contributed by atoms with Crippen molar-refractivity contribution in [2.45, 2.75) is 19.3 Å². The van der Waals surface area contributed by atoms with E-state index in [4.69, 9.17) is 14.0 Å². The zero-order valence-electron chi connectivity index (χ0n) is 19.6. The topological polar surface area (TPSA) is 108 Å². The maximum atomic E-state index is 12.7. The zero-order valence-corrected chi connectivity index (χ0v) is 19.6. The molecule has 0 aliphatic carbocycles. The standard InChI is InChI=1S/C24H21F3N6O4/c1-32-19(13-36-20-7-6-17(10-28-20)24(25,26)27)18(11-29-32)23-30-22(31-37-23)16-4-2-15(3-5-16)12-33-8-9-35-14-21(33)34/h2-7,10-11H,8-9,12-14H2,1H3. The van der Waals surface area contributed by atoms with Crippen molar-refractivity contribution in [1.29, 1.82) is 0 Å². The smallest absolute Gasteiger partial charge is 0.417 e. The van der Waals surface area contributed by atoms with Crippen molar-refractivity contribution in [2.75, 3.05) is 19.8 Å². The van der Waals surface area contributed by atoms with Crippen LogP contribution in [-0.4, -0.2) is 55.5 Å². The van der Waals surface area contributed by atoms with Crippen molar-refractivity contribution in [3.63, 3.8) is 0 Å². The van der Waals surface area contributed by atoms with E-state index in [1.165, 1.54) is 0 Å². The van der Waals surface area contributed by atoms with Gasteiger partial charge in [0, 0.05) is 38.0 Å². The molecule has 1 aliphatic rings. The molecule has 0 atom stereocenters. The molecule has 0 unspecified atom stereocenters. The summed E-state index contributed by atoms with van der Waals surface area (Å²) in [6.45, 7) is 1.65. The van der Waals surface area contributed by atoms with Gasteiger partial charge in [0.25, 0.3) is 5.89 Å². The molecule has 1 aromatic carbocycles. The number of rotatable bonds is 7. The van der Waals surface area contributed by atoms with Crippen LogP contribution in [0.5, 0.6) is 5.88 Å². The monoisotopic (exact) mass is 514 g/mol. The molecule has 37 heavy (non-hydrogen) atoms. The van der Waals surface area contributed by atoms with Crippen LogP contribution >= 0.6 is 0 Å². The average Bonchev–Trinajstić information content (AvgIpc) is 3.51. The summed E-state index contributed by atoms with van der Waals surface area (Å²) < 4.78 is 56.0. The highest BCUT2D eigenvalue weighted by Crippen LogP contribution is 2.30. The molecule has 0 spiro atoms. The number of aromatic nitrogens is 5. The Morgan fingerprint density at radius 3 is 2.62 bits per heavy atom. The minimum Gasteiger partial charge on any atom is -0.471 e. The molecule has 1 aliphatic heterocycles. The predicted molar refractivity (Wildman–Crippen MR) is 122 cm³/mol. The van der Waals surface area contributed by atoms with E-state index < -0.39 is 11.7 Å². The second-order valence-electron chi connectivity index (χ2n) is 8.29. The lowest BCUT2D eigenvalue weighted by Gasteiger charge is -2.26. The highest BCUT2D eigenvalue weighted by atomic mass is 19.4. The Labute approximate surface area is 208 Å². The first kappa shape index (κ1) is 24.4. The number of pyridine rings is 1. The Morgan fingerprint density at radius 2 is 1.92 bits per heavy atom. The zero-order chi connectivity index (χ0) is 26.0. The van der Waals surface area contributed by atoms with Gasteiger partial charge in [-0.2, -0.15) is 23.3 Å². The number of hydrogen-bond donors (Lipinski definition) is 0. The molecule has 0 radical (unpaired) electrons. The SMILES string of the molecule is Cn1ncc(-c2nc(-c3ccc(CN4CCOCC4=O)cc3)no2)c1COc1ccc(C(F)(F)F)cn1. The van der Waals surface area contributed by atoms with E-state index in [1.54, 1.807) is 22.8 Å². The van der Waals surface area contributed by atoms with E-state index >= 15 is 0 Å². The number of benzene rings is 1. The van der Waals surface area contributed by atoms with Crippen LogP contribution in [0, 0.1) is 0 Å². The fourth-order valence-corrected chi connectivity index (χ4v) is 3.74. The Hall–Kier alpha value is -4.26. The van der Waals surface area contributed by atoms with Gasteiger partial charge in [-0.05, 0) is 11.6 Å². The van der Waals surface area contributed by atoms with E-state index in [0.29, 0.717) is 43.0 Å². The molecule has 1 amide bonds. The molecule has 1 fully saturated rings. The maximum absolute atomic E-state index is 12.7. The van der Waals surface area contributed by atoms with Crippen LogP contribution in [0.1, 0.15) is 16.8 Å². The van der Waals surface area contributed by atoms with Gasteiger partial charge in [-0.15, -0.1) is 0 Å². The van der Waals surface area contributed by atoms with E-state index in [9.17, 15) is 18.0 Å². The third-order valence-electron chi connectivity index (χ3n) is 5.81. The molecule has 13 heteroatoms. The maximum Gasteiger partial charge on any atom is 0.417 e. The lowest BCUT2D eigenvalue weighted by Crippen LogP contribution is -2.40. The van der Waals surface area contributed by atoms with Crippen LogP contribution in [0.3, 0.4) is 0 Å². The highest BCUT2D eigenvalue weighted by molar-refractivity contribution is 5.78. The average molecular weight is 514 g/mol. The Kier molecular flexibility index (Phi) is 6.61. The third kappa shape index (κ3) is 5.45. The van der Waals surface area contributed by atoms with Gasteiger partial charge in [0.1, 0.15) is 13.2 Å². The number of carbonyl (C=O) groups excluding carboxylic acids is 1. The fourth-order valence-electron chi connectivity index (χ4n) is 3.74. The van der Waals surface area contributed by atoms with Crippen LogP contribution in [0.4, 0.5) is 13.2 Å². The first-order valence-electron chi connectivity index (χ1n) is 11.2. The van der Waals surface area contributed by atoms with Gasteiger partial charge >= 0.3 is 6.18 Å². The van der Waals surface area contributed by atoms with Crippen molar-refractivity contribution in [1.82, 2.24) is 29.8 Å². The van der Waals surface area contributed by atoms with E-state index in [1.807, 2.05) is 24.3 Å². The van der Waals surface area contributed by atoms with Crippen molar-refractivity contribution in [3.8, 4) is 28.7 Å². The predicted octanol–water partition coefficient (Wildman–Crippen LogP) is 3.49. The van der Waals surface area contributed by atoms with Gasteiger partial charge in [-0.3, -0.25) is 9.48 Å². The molecule has 4 aromatic rings. The van der Waals surface area contributed by atoms with E-state index in [-0.39, 0.29) is 30.9 Å². The number of amides is 1. The molecule has 5 rings (SSSR count). The minimum absolute atomic E-state index is 0.0309. The van der Waals surface area contributed by atoms with Crippen LogP contribution < -0.4 is 4.74 Å².